The van der Waals surface area contributed by atoms with Gasteiger partial charge in [-0.05, 0) is 26.0 Å². The van der Waals surface area contributed by atoms with Crippen molar-refractivity contribution in [1.82, 2.24) is 10.3 Å². The highest BCUT2D eigenvalue weighted by Gasteiger charge is 2.13. The summed E-state index contributed by atoms with van der Waals surface area (Å²) in [6, 6.07) is 5.97. The molecule has 2 atom stereocenters. The molecule has 5 nitrogen and oxygen atoms in total. The Hall–Kier alpha value is -1.92. The van der Waals surface area contributed by atoms with Crippen LogP contribution in [0.25, 0.3) is 0 Å². The number of aromatic nitrogens is 1. The summed E-state index contributed by atoms with van der Waals surface area (Å²) in [7, 11) is 0. The van der Waals surface area contributed by atoms with Crippen LogP contribution in [-0.4, -0.2) is 29.3 Å². The Morgan fingerprint density at radius 3 is 2.86 bits per heavy atom. The molecule has 0 saturated heterocycles. The van der Waals surface area contributed by atoms with E-state index >= 15 is 0 Å². The lowest BCUT2D eigenvalue weighted by Crippen LogP contribution is -2.33. The number of aliphatic hydroxyl groups excluding tert-OH is 1. The summed E-state index contributed by atoms with van der Waals surface area (Å²) < 4.78 is 24.0. The number of rotatable bonds is 7. The first-order chi connectivity index (χ1) is 10.1. The van der Waals surface area contributed by atoms with Gasteiger partial charge in [0.2, 0.25) is 5.89 Å². The summed E-state index contributed by atoms with van der Waals surface area (Å²) in [4.78, 5) is 4.11. The maximum atomic E-state index is 13.3. The van der Waals surface area contributed by atoms with Crippen molar-refractivity contribution in [2.24, 2.45) is 0 Å². The Labute approximate surface area is 122 Å². The fourth-order valence-corrected chi connectivity index (χ4v) is 1.78. The molecule has 0 spiro atoms. The molecule has 2 unspecified atom stereocenters. The van der Waals surface area contributed by atoms with Gasteiger partial charge in [0.15, 0.2) is 11.6 Å². The summed E-state index contributed by atoms with van der Waals surface area (Å²) in [5.74, 6) is 0.992. The minimum atomic E-state index is -0.761. The smallest absolute Gasteiger partial charge is 0.211 e. The largest absolute Gasteiger partial charge is 0.488 e. The molecule has 0 fully saturated rings. The van der Waals surface area contributed by atoms with Crippen LogP contribution in [0.15, 0.2) is 34.9 Å². The summed E-state index contributed by atoms with van der Waals surface area (Å²) in [6.07, 6.45) is 0.883. The van der Waals surface area contributed by atoms with Crippen molar-refractivity contribution in [2.45, 2.75) is 26.0 Å². The van der Waals surface area contributed by atoms with Crippen LogP contribution in [0.3, 0.4) is 0 Å². The van der Waals surface area contributed by atoms with Crippen molar-refractivity contribution in [3.05, 3.63) is 47.9 Å². The minimum absolute atomic E-state index is 0.00522. The number of nitrogens with zero attached hydrogens (tertiary/aromatic N) is 1. The van der Waals surface area contributed by atoms with Crippen molar-refractivity contribution in [3.63, 3.8) is 0 Å². The number of benzene rings is 1. The first-order valence-corrected chi connectivity index (χ1v) is 6.77. The van der Waals surface area contributed by atoms with Crippen LogP contribution >= 0.6 is 0 Å². The molecule has 2 N–H and O–H groups in total. The number of para-hydroxylation sites is 1. The average molecular weight is 294 g/mol. The van der Waals surface area contributed by atoms with Crippen LogP contribution in [0.5, 0.6) is 5.75 Å². The van der Waals surface area contributed by atoms with E-state index in [0.29, 0.717) is 5.89 Å². The topological polar surface area (TPSA) is 67.5 Å². The van der Waals surface area contributed by atoms with Gasteiger partial charge in [-0.15, -0.1) is 0 Å². The van der Waals surface area contributed by atoms with Gasteiger partial charge in [0.1, 0.15) is 18.5 Å². The number of ether oxygens (including phenoxy) is 1. The van der Waals surface area contributed by atoms with E-state index < -0.39 is 11.9 Å². The van der Waals surface area contributed by atoms with Gasteiger partial charge in [-0.3, -0.25) is 0 Å². The van der Waals surface area contributed by atoms with E-state index in [9.17, 15) is 9.50 Å². The maximum Gasteiger partial charge on any atom is 0.211 e. The fraction of sp³-hybridized carbons (Fsp3) is 0.400. The first-order valence-electron chi connectivity index (χ1n) is 6.77. The number of aryl methyl sites for hydroxylation is 1. The zero-order valence-electron chi connectivity index (χ0n) is 12.0. The molecule has 0 amide bonds. The molecule has 0 aliphatic carbocycles. The van der Waals surface area contributed by atoms with E-state index in [0.717, 1.165) is 5.76 Å². The SMILES string of the molecule is Cc1cnc(C(C)NCC(O)COc2ccccc2F)o1. The van der Waals surface area contributed by atoms with Gasteiger partial charge < -0.3 is 19.6 Å². The third kappa shape index (κ3) is 4.54. The third-order valence-electron chi connectivity index (χ3n) is 2.94. The molecule has 0 radical (unpaired) electrons. The maximum absolute atomic E-state index is 13.3. The summed E-state index contributed by atoms with van der Waals surface area (Å²) in [5, 5.41) is 12.9. The van der Waals surface area contributed by atoms with Gasteiger partial charge in [0.25, 0.3) is 0 Å². The molecular weight excluding hydrogens is 275 g/mol. The Balaban J connectivity index is 1.75. The van der Waals surface area contributed by atoms with Crippen molar-refractivity contribution >= 4 is 0 Å². The molecule has 2 rings (SSSR count). The van der Waals surface area contributed by atoms with E-state index in [1.54, 1.807) is 18.3 Å². The molecule has 0 aliphatic rings. The van der Waals surface area contributed by atoms with Crippen molar-refractivity contribution in [2.75, 3.05) is 13.2 Å². The standard InChI is InChI=1S/C15H19FN2O3/c1-10-7-18-15(21-10)11(2)17-8-12(19)9-20-14-6-4-3-5-13(14)16/h3-7,11-12,17,19H,8-9H2,1-2H3. The van der Waals surface area contributed by atoms with Crippen LogP contribution in [0.2, 0.25) is 0 Å². The molecule has 0 saturated carbocycles. The molecular formula is C15H19FN2O3. The summed E-state index contributed by atoms with van der Waals surface area (Å²) in [6.45, 7) is 4.00. The second-order valence-corrected chi connectivity index (χ2v) is 4.83. The molecule has 2 aromatic rings. The number of halogens is 1. The molecule has 21 heavy (non-hydrogen) atoms. The van der Waals surface area contributed by atoms with Gasteiger partial charge in [-0.1, -0.05) is 12.1 Å². The number of hydrogen-bond donors (Lipinski definition) is 2. The number of aliphatic hydroxyl groups is 1. The quantitative estimate of drug-likeness (QED) is 0.819. The zero-order chi connectivity index (χ0) is 15.2. The number of hydrogen-bond acceptors (Lipinski definition) is 5. The number of nitrogens with one attached hydrogen (secondary N) is 1. The highest BCUT2D eigenvalue weighted by molar-refractivity contribution is 5.23. The van der Waals surface area contributed by atoms with Gasteiger partial charge >= 0.3 is 0 Å². The van der Waals surface area contributed by atoms with Gasteiger partial charge in [-0.25, -0.2) is 9.37 Å². The molecule has 6 heteroatoms. The fourth-order valence-electron chi connectivity index (χ4n) is 1.78. The Morgan fingerprint density at radius 2 is 2.19 bits per heavy atom. The lowest BCUT2D eigenvalue weighted by atomic mass is 10.3. The molecule has 0 aliphatic heterocycles. The Morgan fingerprint density at radius 1 is 1.43 bits per heavy atom. The molecule has 1 aromatic heterocycles. The van der Waals surface area contributed by atoms with Crippen LogP contribution in [-0.2, 0) is 0 Å². The van der Waals surface area contributed by atoms with Gasteiger partial charge in [0, 0.05) is 6.54 Å². The second kappa shape index (κ2) is 7.19. The Kier molecular flexibility index (Phi) is 5.30. The van der Waals surface area contributed by atoms with Crippen LogP contribution in [0, 0.1) is 12.7 Å². The van der Waals surface area contributed by atoms with Gasteiger partial charge in [0.05, 0.1) is 12.2 Å². The number of oxazole rings is 1. The first kappa shape index (κ1) is 15.5. The molecule has 1 aromatic carbocycles. The molecule has 0 bridgehead atoms. The lowest BCUT2D eigenvalue weighted by Gasteiger charge is -2.16. The minimum Gasteiger partial charge on any atom is -0.488 e. The molecule has 114 valence electrons. The highest BCUT2D eigenvalue weighted by Crippen LogP contribution is 2.15. The average Bonchev–Trinajstić information content (AvgIpc) is 2.90. The van der Waals surface area contributed by atoms with Crippen LogP contribution in [0.1, 0.15) is 24.6 Å². The predicted octanol–water partition coefficient (Wildman–Crippen LogP) is 2.21. The van der Waals surface area contributed by atoms with E-state index in [4.69, 9.17) is 9.15 Å². The highest BCUT2D eigenvalue weighted by atomic mass is 19.1. The van der Waals surface area contributed by atoms with Gasteiger partial charge in [-0.2, -0.15) is 0 Å². The molecule has 1 heterocycles. The Bertz CT molecular complexity index is 574. The van der Waals surface area contributed by atoms with E-state index in [2.05, 4.69) is 10.3 Å². The van der Waals surface area contributed by atoms with Crippen molar-refractivity contribution in [1.29, 1.82) is 0 Å². The summed E-state index contributed by atoms with van der Waals surface area (Å²) in [5.41, 5.74) is 0. The van der Waals surface area contributed by atoms with E-state index in [-0.39, 0.29) is 24.9 Å². The van der Waals surface area contributed by atoms with E-state index in [1.807, 2.05) is 13.8 Å². The predicted molar refractivity (Wildman–Crippen MR) is 75.6 cm³/mol. The van der Waals surface area contributed by atoms with Crippen LogP contribution < -0.4 is 10.1 Å². The van der Waals surface area contributed by atoms with Crippen molar-refractivity contribution in [3.8, 4) is 5.75 Å². The van der Waals surface area contributed by atoms with Crippen LogP contribution in [0.4, 0.5) is 4.39 Å². The second-order valence-electron chi connectivity index (χ2n) is 4.83. The lowest BCUT2D eigenvalue weighted by molar-refractivity contribution is 0.101. The zero-order valence-corrected chi connectivity index (χ0v) is 12.0. The van der Waals surface area contributed by atoms with Crippen molar-refractivity contribution < 1.29 is 18.7 Å². The summed E-state index contributed by atoms with van der Waals surface area (Å²) >= 11 is 0. The van der Waals surface area contributed by atoms with E-state index in [1.165, 1.54) is 12.1 Å². The monoisotopic (exact) mass is 294 g/mol. The normalized spacial score (nSPS) is 13.9. The third-order valence-corrected chi connectivity index (χ3v) is 2.94.